The molecule has 5 nitrogen and oxygen atoms in total. The van der Waals surface area contributed by atoms with Crippen molar-refractivity contribution in [1.29, 1.82) is 0 Å². The maximum Gasteiger partial charge on any atom is 0.250 e. The largest absolute Gasteiger partial charge is 0.493 e. The fourth-order valence-electron chi connectivity index (χ4n) is 2.58. The van der Waals surface area contributed by atoms with Crippen molar-refractivity contribution in [3.63, 3.8) is 0 Å². The highest BCUT2D eigenvalue weighted by Gasteiger charge is 2.11. The Balaban J connectivity index is 1.58. The molecule has 1 N–H and O–H groups in total. The molecule has 0 radical (unpaired) electrons. The number of rotatable bonds is 9. The Morgan fingerprint density at radius 3 is 2.59 bits per heavy atom. The van der Waals surface area contributed by atoms with Gasteiger partial charge in [0.25, 0.3) is 0 Å². The van der Waals surface area contributed by atoms with E-state index in [0.29, 0.717) is 28.2 Å². The van der Waals surface area contributed by atoms with E-state index >= 15 is 0 Å². The molecule has 3 aromatic rings. The number of thioether (sulfide) groups is 1. The molecular weight excluding hydrogens is 535 g/mol. The van der Waals surface area contributed by atoms with Crippen LogP contribution < -0.4 is 14.9 Å². The van der Waals surface area contributed by atoms with Crippen molar-refractivity contribution in [2.45, 2.75) is 11.5 Å². The smallest absolute Gasteiger partial charge is 0.250 e. The van der Waals surface area contributed by atoms with Gasteiger partial charge in [-0.15, -0.1) is 11.8 Å². The summed E-state index contributed by atoms with van der Waals surface area (Å²) in [7, 11) is 1.56. The molecule has 0 aliphatic carbocycles. The number of nitrogens with one attached hydrogen (secondary N) is 1. The predicted octanol–water partition coefficient (Wildman–Crippen LogP) is 6.59. The van der Waals surface area contributed by atoms with E-state index in [9.17, 15) is 4.79 Å². The van der Waals surface area contributed by atoms with E-state index in [2.05, 4.69) is 26.5 Å². The molecule has 0 saturated heterocycles. The first kappa shape index (κ1) is 24.5. The lowest BCUT2D eigenvalue weighted by Gasteiger charge is -2.13. The zero-order chi connectivity index (χ0) is 22.9. The molecular formula is C23H19BrCl2N2O3S. The van der Waals surface area contributed by atoms with Crippen molar-refractivity contribution in [3.05, 3.63) is 86.3 Å². The summed E-state index contributed by atoms with van der Waals surface area (Å²) < 4.78 is 12.1. The van der Waals surface area contributed by atoms with Gasteiger partial charge in [-0.05, 0) is 58.4 Å². The van der Waals surface area contributed by atoms with Crippen LogP contribution in [0, 0.1) is 0 Å². The van der Waals surface area contributed by atoms with Crippen LogP contribution in [0.5, 0.6) is 11.5 Å². The molecule has 0 bridgehead atoms. The van der Waals surface area contributed by atoms with Crippen LogP contribution in [0.25, 0.3) is 0 Å². The quantitative estimate of drug-likeness (QED) is 0.184. The molecule has 3 rings (SSSR count). The Kier molecular flexibility index (Phi) is 9.29. The summed E-state index contributed by atoms with van der Waals surface area (Å²) >= 11 is 17.0. The lowest BCUT2D eigenvalue weighted by atomic mass is 10.2. The molecule has 3 aromatic carbocycles. The monoisotopic (exact) mass is 552 g/mol. The van der Waals surface area contributed by atoms with Gasteiger partial charge in [0.15, 0.2) is 11.5 Å². The van der Waals surface area contributed by atoms with Crippen molar-refractivity contribution in [3.8, 4) is 11.5 Å². The number of benzene rings is 3. The molecule has 0 aromatic heterocycles. The maximum atomic E-state index is 12.0. The number of hydrazone groups is 1. The molecule has 0 saturated carbocycles. The van der Waals surface area contributed by atoms with Gasteiger partial charge < -0.3 is 9.47 Å². The highest BCUT2D eigenvalue weighted by molar-refractivity contribution is 9.10. The first-order chi connectivity index (χ1) is 15.5. The van der Waals surface area contributed by atoms with Crippen LogP contribution in [-0.4, -0.2) is 25.0 Å². The number of nitrogens with zero attached hydrogens (tertiary/aromatic N) is 1. The SMILES string of the molecule is COc1cc(/C=N\NC(=O)CSc2ccc(Cl)cc2)c(Br)cc1OCc1ccccc1Cl. The van der Waals surface area contributed by atoms with Crippen LogP contribution in [0.2, 0.25) is 10.0 Å². The Bertz CT molecular complexity index is 1110. The Hall–Kier alpha value is -2.19. The average Bonchev–Trinajstić information content (AvgIpc) is 2.79. The number of halogens is 3. The van der Waals surface area contributed by atoms with Gasteiger partial charge >= 0.3 is 0 Å². The molecule has 166 valence electrons. The van der Waals surface area contributed by atoms with Gasteiger partial charge in [-0.1, -0.05) is 41.4 Å². The van der Waals surface area contributed by atoms with Crippen molar-refractivity contribution < 1.29 is 14.3 Å². The minimum atomic E-state index is -0.219. The standard InChI is InChI=1S/C23H19BrCl2N2O3S/c1-30-21-10-16(12-27-28-23(29)14-32-18-8-6-17(25)7-9-18)19(24)11-22(21)31-13-15-4-2-3-5-20(15)26/h2-12H,13-14H2,1H3,(H,28,29)/b27-12-. The molecule has 0 spiro atoms. The van der Waals surface area contributed by atoms with E-state index in [1.807, 2.05) is 36.4 Å². The summed E-state index contributed by atoms with van der Waals surface area (Å²) in [6.45, 7) is 0.303. The topological polar surface area (TPSA) is 59.9 Å². The number of amides is 1. The minimum Gasteiger partial charge on any atom is -0.493 e. The third kappa shape index (κ3) is 7.17. The Labute approximate surface area is 209 Å². The van der Waals surface area contributed by atoms with E-state index in [1.165, 1.54) is 18.0 Å². The number of ether oxygens (including phenoxy) is 2. The molecule has 1 amide bonds. The van der Waals surface area contributed by atoms with Crippen LogP contribution in [0.4, 0.5) is 0 Å². The average molecular weight is 554 g/mol. The van der Waals surface area contributed by atoms with Gasteiger partial charge in [-0.2, -0.15) is 5.10 Å². The van der Waals surface area contributed by atoms with Crippen molar-refractivity contribution in [2.24, 2.45) is 5.10 Å². The summed E-state index contributed by atoms with van der Waals surface area (Å²) in [5.74, 6) is 1.10. The summed E-state index contributed by atoms with van der Waals surface area (Å²) in [5.41, 5.74) is 4.11. The summed E-state index contributed by atoms with van der Waals surface area (Å²) in [4.78, 5) is 13.0. The molecule has 0 unspecified atom stereocenters. The van der Waals surface area contributed by atoms with Gasteiger partial charge in [-0.25, -0.2) is 5.43 Å². The van der Waals surface area contributed by atoms with Gasteiger partial charge in [0.1, 0.15) is 6.61 Å². The molecule has 9 heteroatoms. The second-order valence-electron chi connectivity index (χ2n) is 6.44. The first-order valence-corrected chi connectivity index (χ1v) is 11.9. The second-order valence-corrected chi connectivity index (χ2v) is 9.19. The zero-order valence-corrected chi connectivity index (χ0v) is 20.9. The van der Waals surface area contributed by atoms with Gasteiger partial charge in [0.2, 0.25) is 5.91 Å². The molecule has 0 aliphatic rings. The van der Waals surface area contributed by atoms with Crippen molar-refractivity contribution in [2.75, 3.05) is 12.9 Å². The number of methoxy groups -OCH3 is 1. The van der Waals surface area contributed by atoms with E-state index in [4.69, 9.17) is 32.7 Å². The normalized spacial score (nSPS) is 10.9. The van der Waals surface area contributed by atoms with Crippen LogP contribution in [0.3, 0.4) is 0 Å². The van der Waals surface area contributed by atoms with Crippen LogP contribution in [0.15, 0.2) is 75.1 Å². The maximum absolute atomic E-state index is 12.0. The third-order valence-electron chi connectivity index (χ3n) is 4.20. The van der Waals surface area contributed by atoms with Crippen molar-refractivity contribution in [1.82, 2.24) is 5.43 Å². The van der Waals surface area contributed by atoms with Gasteiger partial charge in [-0.3, -0.25) is 4.79 Å². The zero-order valence-electron chi connectivity index (χ0n) is 17.0. The van der Waals surface area contributed by atoms with Crippen LogP contribution in [0.1, 0.15) is 11.1 Å². The van der Waals surface area contributed by atoms with Crippen LogP contribution in [-0.2, 0) is 11.4 Å². The number of hydrogen-bond acceptors (Lipinski definition) is 5. The van der Waals surface area contributed by atoms with E-state index in [-0.39, 0.29) is 11.7 Å². The first-order valence-electron chi connectivity index (χ1n) is 9.40. The van der Waals surface area contributed by atoms with Crippen molar-refractivity contribution >= 4 is 63.0 Å². The lowest BCUT2D eigenvalue weighted by Crippen LogP contribution is -2.19. The Morgan fingerprint density at radius 2 is 1.88 bits per heavy atom. The highest BCUT2D eigenvalue weighted by atomic mass is 79.9. The van der Waals surface area contributed by atoms with E-state index in [0.717, 1.165) is 20.5 Å². The summed E-state index contributed by atoms with van der Waals surface area (Å²) in [6.07, 6.45) is 1.54. The number of carbonyl (C=O) groups is 1. The third-order valence-corrected chi connectivity index (χ3v) is 6.52. The number of carbonyl (C=O) groups excluding carboxylic acids is 1. The lowest BCUT2D eigenvalue weighted by molar-refractivity contribution is -0.118. The number of hydrogen-bond donors (Lipinski definition) is 1. The predicted molar refractivity (Wildman–Crippen MR) is 134 cm³/mol. The van der Waals surface area contributed by atoms with Crippen LogP contribution >= 0.6 is 50.9 Å². The highest BCUT2D eigenvalue weighted by Crippen LogP contribution is 2.34. The molecule has 32 heavy (non-hydrogen) atoms. The Morgan fingerprint density at radius 1 is 1.12 bits per heavy atom. The van der Waals surface area contributed by atoms with Gasteiger partial charge in [0, 0.05) is 30.5 Å². The minimum absolute atomic E-state index is 0.219. The van der Waals surface area contributed by atoms with E-state index in [1.54, 1.807) is 31.4 Å². The fraction of sp³-hybridized carbons (Fsp3) is 0.130. The summed E-state index contributed by atoms with van der Waals surface area (Å²) in [5, 5.41) is 5.33. The molecule has 0 atom stereocenters. The molecule has 0 fully saturated rings. The molecule has 0 heterocycles. The second kappa shape index (κ2) is 12.2. The van der Waals surface area contributed by atoms with Gasteiger partial charge in [0.05, 0.1) is 19.1 Å². The summed E-state index contributed by atoms with van der Waals surface area (Å²) in [6, 6.07) is 18.3. The van der Waals surface area contributed by atoms with E-state index < -0.39 is 0 Å². The molecule has 0 aliphatic heterocycles. The fourth-order valence-corrected chi connectivity index (χ4v) is 4.01.